The fourth-order valence-corrected chi connectivity index (χ4v) is 8.31. The van der Waals surface area contributed by atoms with Gasteiger partial charge in [0, 0.05) is 24.4 Å². The molecule has 0 aromatic heterocycles. The second-order valence-corrected chi connectivity index (χ2v) is 11.9. The monoisotopic (exact) mass is 445 g/mol. The van der Waals surface area contributed by atoms with Gasteiger partial charge in [-0.2, -0.15) is 9.41 Å². The summed E-state index contributed by atoms with van der Waals surface area (Å²) < 4.78 is 26.9. The predicted octanol–water partition coefficient (Wildman–Crippen LogP) is 4.43. The molecule has 0 spiro atoms. The summed E-state index contributed by atoms with van der Waals surface area (Å²) in [6.07, 6.45) is 9.13. The minimum absolute atomic E-state index is 0.137. The molecular formula is C24H35N3O3S. The first-order valence-corrected chi connectivity index (χ1v) is 13.1. The fraction of sp³-hybridized carbons (Fsp3) is 0.667. The number of carbonyl (C=O) groups is 1. The summed E-state index contributed by atoms with van der Waals surface area (Å²) >= 11 is 0. The Bertz CT molecular complexity index is 931. The van der Waals surface area contributed by atoms with Crippen molar-refractivity contribution in [2.24, 2.45) is 28.3 Å². The van der Waals surface area contributed by atoms with Gasteiger partial charge in [-0.1, -0.05) is 19.9 Å². The zero-order chi connectivity index (χ0) is 22.2. The van der Waals surface area contributed by atoms with Crippen molar-refractivity contribution in [3.8, 4) is 0 Å². The molecule has 7 heteroatoms. The molecule has 31 heavy (non-hydrogen) atoms. The van der Waals surface area contributed by atoms with Gasteiger partial charge in [-0.3, -0.25) is 4.79 Å². The highest BCUT2D eigenvalue weighted by Crippen LogP contribution is 2.61. The van der Waals surface area contributed by atoms with Crippen LogP contribution >= 0.6 is 0 Å². The van der Waals surface area contributed by atoms with Gasteiger partial charge in [0.2, 0.25) is 10.0 Å². The molecule has 5 rings (SSSR count). The van der Waals surface area contributed by atoms with Crippen LogP contribution in [0.5, 0.6) is 0 Å². The number of nitrogens with zero attached hydrogens (tertiary/aromatic N) is 2. The molecule has 170 valence electrons. The number of sulfonamides is 1. The molecule has 4 aliphatic carbocycles. The minimum atomic E-state index is -3.60. The largest absolute Gasteiger partial charge is 0.271 e. The third kappa shape index (κ3) is 4.58. The Labute approximate surface area is 186 Å². The average molecular weight is 446 g/mol. The van der Waals surface area contributed by atoms with Crippen LogP contribution < -0.4 is 5.43 Å². The molecule has 4 bridgehead atoms. The lowest BCUT2D eigenvalue weighted by molar-refractivity contribution is -0.0482. The maximum Gasteiger partial charge on any atom is 0.271 e. The fourth-order valence-electron chi connectivity index (χ4n) is 6.81. The van der Waals surface area contributed by atoms with E-state index in [0.29, 0.717) is 24.1 Å². The number of hydrazone groups is 1. The molecule has 4 aliphatic rings. The summed E-state index contributed by atoms with van der Waals surface area (Å²) in [6, 6.07) is 6.21. The lowest BCUT2D eigenvalue weighted by atomic mass is 9.48. The van der Waals surface area contributed by atoms with E-state index in [1.165, 1.54) is 55.0 Å². The van der Waals surface area contributed by atoms with Crippen LogP contribution in [-0.4, -0.2) is 37.4 Å². The van der Waals surface area contributed by atoms with Crippen LogP contribution in [0.3, 0.4) is 0 Å². The molecular weight excluding hydrogens is 410 g/mol. The number of nitrogens with one attached hydrogen (secondary N) is 1. The molecule has 6 nitrogen and oxygen atoms in total. The molecule has 4 fully saturated rings. The summed E-state index contributed by atoms with van der Waals surface area (Å²) in [4.78, 5) is 12.8. The van der Waals surface area contributed by atoms with Crippen LogP contribution in [0, 0.1) is 23.2 Å². The van der Waals surface area contributed by atoms with Crippen molar-refractivity contribution >= 4 is 21.6 Å². The molecule has 0 saturated heterocycles. The molecule has 0 unspecified atom stereocenters. The highest BCUT2D eigenvalue weighted by Gasteiger charge is 2.50. The third-order valence-corrected chi connectivity index (χ3v) is 9.63. The molecule has 0 atom stereocenters. The van der Waals surface area contributed by atoms with E-state index in [1.54, 1.807) is 26.0 Å². The summed E-state index contributed by atoms with van der Waals surface area (Å²) in [7, 11) is -3.60. The van der Waals surface area contributed by atoms with E-state index in [9.17, 15) is 13.2 Å². The Morgan fingerprint density at radius 2 is 1.68 bits per heavy atom. The minimum Gasteiger partial charge on any atom is -0.267 e. The average Bonchev–Trinajstić information content (AvgIpc) is 2.71. The van der Waals surface area contributed by atoms with Gasteiger partial charge in [0.05, 0.1) is 4.90 Å². The lowest BCUT2D eigenvalue weighted by Gasteiger charge is -2.57. The summed E-state index contributed by atoms with van der Waals surface area (Å²) in [6.45, 7) is 6.39. The van der Waals surface area contributed by atoms with Gasteiger partial charge in [-0.25, -0.2) is 13.8 Å². The highest BCUT2D eigenvalue weighted by molar-refractivity contribution is 7.89. The van der Waals surface area contributed by atoms with Crippen molar-refractivity contribution in [3.63, 3.8) is 0 Å². The van der Waals surface area contributed by atoms with Gasteiger partial charge in [-0.15, -0.1) is 0 Å². The molecule has 4 saturated carbocycles. The maximum absolute atomic E-state index is 12.8. The van der Waals surface area contributed by atoms with E-state index < -0.39 is 10.0 Å². The Morgan fingerprint density at radius 3 is 2.23 bits per heavy atom. The van der Waals surface area contributed by atoms with Crippen LogP contribution in [0.15, 0.2) is 34.3 Å². The van der Waals surface area contributed by atoms with Crippen molar-refractivity contribution in [2.75, 3.05) is 13.1 Å². The first kappa shape index (κ1) is 22.5. The van der Waals surface area contributed by atoms with E-state index in [1.807, 2.05) is 6.92 Å². The molecule has 1 aromatic carbocycles. The number of rotatable bonds is 8. The third-order valence-electron chi connectivity index (χ3n) is 7.58. The Balaban J connectivity index is 1.42. The number of hydrogen-bond acceptors (Lipinski definition) is 4. The van der Waals surface area contributed by atoms with Crippen molar-refractivity contribution in [1.29, 1.82) is 0 Å². The smallest absolute Gasteiger partial charge is 0.267 e. The van der Waals surface area contributed by atoms with Gasteiger partial charge < -0.3 is 0 Å². The summed E-state index contributed by atoms with van der Waals surface area (Å²) in [5.41, 5.74) is 4.30. The second-order valence-electron chi connectivity index (χ2n) is 10.00. The molecule has 0 heterocycles. The molecule has 0 aliphatic heterocycles. The van der Waals surface area contributed by atoms with E-state index in [0.717, 1.165) is 29.9 Å². The zero-order valence-electron chi connectivity index (χ0n) is 18.9. The SMILES string of the molecule is CCN(CC)S(=O)(=O)c1cccc(C(=O)N/N=C(\C)CC23CC4CC(CC(C4)C2)C3)c1. The lowest BCUT2D eigenvalue weighted by Crippen LogP contribution is -2.46. The van der Waals surface area contributed by atoms with Crippen LogP contribution in [0.2, 0.25) is 0 Å². The van der Waals surface area contributed by atoms with Crippen molar-refractivity contribution in [1.82, 2.24) is 9.73 Å². The van der Waals surface area contributed by atoms with Gasteiger partial charge >= 0.3 is 0 Å². The second kappa shape index (κ2) is 8.66. The molecule has 0 radical (unpaired) electrons. The zero-order valence-corrected chi connectivity index (χ0v) is 19.7. The predicted molar refractivity (Wildman–Crippen MR) is 122 cm³/mol. The normalized spacial score (nSPS) is 30.1. The van der Waals surface area contributed by atoms with E-state index in [4.69, 9.17) is 0 Å². The van der Waals surface area contributed by atoms with Crippen molar-refractivity contribution < 1.29 is 13.2 Å². The van der Waals surface area contributed by atoms with Crippen LogP contribution in [0.1, 0.15) is 76.1 Å². The first-order valence-electron chi connectivity index (χ1n) is 11.7. The van der Waals surface area contributed by atoms with Crippen molar-refractivity contribution in [2.45, 2.75) is 70.6 Å². The molecule has 1 aromatic rings. The molecule has 1 amide bonds. The van der Waals surface area contributed by atoms with Crippen LogP contribution in [-0.2, 0) is 10.0 Å². The van der Waals surface area contributed by atoms with E-state index >= 15 is 0 Å². The van der Waals surface area contributed by atoms with Crippen molar-refractivity contribution in [3.05, 3.63) is 29.8 Å². The summed E-state index contributed by atoms with van der Waals surface area (Å²) in [5, 5.41) is 4.39. The van der Waals surface area contributed by atoms with Crippen LogP contribution in [0.25, 0.3) is 0 Å². The summed E-state index contributed by atoms with van der Waals surface area (Å²) in [5.74, 6) is 2.30. The van der Waals surface area contributed by atoms with E-state index in [-0.39, 0.29) is 10.8 Å². The van der Waals surface area contributed by atoms with Crippen LogP contribution in [0.4, 0.5) is 0 Å². The number of hydrogen-bond donors (Lipinski definition) is 1. The van der Waals surface area contributed by atoms with Gasteiger partial charge in [0.25, 0.3) is 5.91 Å². The highest BCUT2D eigenvalue weighted by atomic mass is 32.2. The Kier molecular flexibility index (Phi) is 6.28. The number of carbonyl (C=O) groups excluding carboxylic acids is 1. The van der Waals surface area contributed by atoms with Gasteiger partial charge in [0.15, 0.2) is 0 Å². The number of amides is 1. The van der Waals surface area contributed by atoms with E-state index in [2.05, 4.69) is 10.5 Å². The standard InChI is InChI=1S/C24H35N3O3S/c1-4-27(5-2)31(29,30)22-8-6-7-21(12-22)23(28)26-25-17(3)13-24-14-18-9-19(15-24)11-20(10-18)16-24/h6-8,12,18-20H,4-5,9-11,13-16H2,1-3H3,(H,26,28)/b25-17+. The number of benzene rings is 1. The maximum atomic E-state index is 12.8. The van der Waals surface area contributed by atoms with Gasteiger partial charge in [0.1, 0.15) is 0 Å². The quantitative estimate of drug-likeness (QED) is 0.475. The first-order chi connectivity index (χ1) is 14.7. The topological polar surface area (TPSA) is 78.8 Å². The Morgan fingerprint density at radius 1 is 1.10 bits per heavy atom. The van der Waals surface area contributed by atoms with Gasteiger partial charge in [-0.05, 0) is 93.2 Å². The Hall–Kier alpha value is -1.73. The molecule has 1 N–H and O–H groups in total.